The summed E-state index contributed by atoms with van der Waals surface area (Å²) in [5.41, 5.74) is 3.10. The Bertz CT molecular complexity index is 1100. The van der Waals surface area contributed by atoms with Crippen molar-refractivity contribution in [2.24, 2.45) is 0 Å². The van der Waals surface area contributed by atoms with Crippen LogP contribution in [-0.2, 0) is 23.0 Å². The number of fused-ring (bicyclic) bond motifs is 1. The lowest BCUT2D eigenvalue weighted by molar-refractivity contribution is 0.600. The number of anilines is 1. The Morgan fingerprint density at radius 1 is 0.964 bits per heavy atom. The molecule has 28 heavy (non-hydrogen) atoms. The first-order valence-electron chi connectivity index (χ1n) is 9.57. The highest BCUT2D eigenvalue weighted by Gasteiger charge is 2.18. The third-order valence-corrected chi connectivity index (χ3v) is 6.66. The highest BCUT2D eigenvalue weighted by molar-refractivity contribution is 7.92. The largest absolute Gasteiger partial charge is 0.311 e. The molecule has 1 aromatic heterocycles. The molecule has 2 heterocycles. The summed E-state index contributed by atoms with van der Waals surface area (Å²) in [7, 11) is -3.64. The van der Waals surface area contributed by atoms with Gasteiger partial charge in [-0.15, -0.1) is 10.2 Å². The molecule has 3 aromatic rings. The Balaban J connectivity index is 1.59. The molecule has 0 saturated carbocycles. The van der Waals surface area contributed by atoms with Crippen LogP contribution < -0.4 is 4.72 Å². The average molecular weight is 397 g/mol. The van der Waals surface area contributed by atoms with Crippen LogP contribution in [0.15, 0.2) is 47.4 Å². The van der Waals surface area contributed by atoms with Crippen LogP contribution in [0.2, 0.25) is 0 Å². The van der Waals surface area contributed by atoms with E-state index < -0.39 is 10.0 Å². The van der Waals surface area contributed by atoms with Gasteiger partial charge in [0, 0.05) is 24.2 Å². The maximum Gasteiger partial charge on any atom is 0.262 e. The van der Waals surface area contributed by atoms with E-state index in [9.17, 15) is 8.42 Å². The average Bonchev–Trinajstić information content (AvgIpc) is 2.92. The Hall–Kier alpha value is -2.67. The minimum absolute atomic E-state index is 0.305. The van der Waals surface area contributed by atoms with E-state index in [1.54, 1.807) is 25.1 Å². The summed E-state index contributed by atoms with van der Waals surface area (Å²) in [5.74, 6) is 1.88. The van der Waals surface area contributed by atoms with Gasteiger partial charge < -0.3 is 4.57 Å². The zero-order valence-electron chi connectivity index (χ0n) is 16.1. The molecule has 146 valence electrons. The van der Waals surface area contributed by atoms with Gasteiger partial charge >= 0.3 is 0 Å². The molecule has 1 N–H and O–H groups in total. The first kappa shape index (κ1) is 18.7. The van der Waals surface area contributed by atoms with E-state index >= 15 is 0 Å². The third kappa shape index (κ3) is 3.67. The van der Waals surface area contributed by atoms with Crippen molar-refractivity contribution < 1.29 is 8.42 Å². The molecule has 0 bridgehead atoms. The molecule has 0 radical (unpaired) electrons. The molecule has 0 unspecified atom stereocenters. The Labute approximate surface area is 165 Å². The van der Waals surface area contributed by atoms with Crippen molar-refractivity contribution in [3.05, 3.63) is 59.4 Å². The van der Waals surface area contributed by atoms with Gasteiger partial charge in [0.05, 0.1) is 4.90 Å². The molecular formula is C21H24N4O2S. The van der Waals surface area contributed by atoms with Crippen LogP contribution in [0.4, 0.5) is 5.69 Å². The molecule has 0 atom stereocenters. The number of benzene rings is 2. The van der Waals surface area contributed by atoms with E-state index in [1.165, 1.54) is 6.42 Å². The van der Waals surface area contributed by atoms with E-state index in [0.717, 1.165) is 54.1 Å². The van der Waals surface area contributed by atoms with Crippen molar-refractivity contribution in [1.82, 2.24) is 14.8 Å². The molecule has 0 aliphatic carbocycles. The third-order valence-electron chi connectivity index (χ3n) is 5.14. The molecule has 0 spiro atoms. The fourth-order valence-corrected chi connectivity index (χ4v) is 4.98. The standard InChI is InChI=1S/C21H24N4O2S/c1-15-7-8-16(2)19(14-15)28(26,27)24-18-11-9-17(10-12-18)21-23-22-20-6-4-3-5-13-25(20)21/h7-12,14,24H,3-6,13H2,1-2H3. The maximum absolute atomic E-state index is 12.8. The SMILES string of the molecule is Cc1ccc(C)c(S(=O)(=O)Nc2ccc(-c3nnc4n3CCCCC4)cc2)c1. The number of nitrogens with zero attached hydrogens (tertiary/aromatic N) is 3. The minimum atomic E-state index is -3.64. The van der Waals surface area contributed by atoms with Crippen LogP contribution in [0.1, 0.15) is 36.2 Å². The Morgan fingerprint density at radius 3 is 2.54 bits per heavy atom. The predicted molar refractivity (Wildman–Crippen MR) is 110 cm³/mol. The first-order chi connectivity index (χ1) is 13.4. The van der Waals surface area contributed by atoms with Crippen LogP contribution in [0, 0.1) is 13.8 Å². The molecule has 0 saturated heterocycles. The van der Waals surface area contributed by atoms with Gasteiger partial charge in [-0.05, 0) is 68.1 Å². The maximum atomic E-state index is 12.8. The van der Waals surface area contributed by atoms with Gasteiger partial charge in [0.15, 0.2) is 5.82 Å². The van der Waals surface area contributed by atoms with E-state index in [0.29, 0.717) is 10.6 Å². The number of sulfonamides is 1. The normalized spacial score (nSPS) is 14.4. The lowest BCUT2D eigenvalue weighted by atomic mass is 10.2. The van der Waals surface area contributed by atoms with E-state index in [4.69, 9.17) is 0 Å². The fourth-order valence-electron chi connectivity index (χ4n) is 3.59. The van der Waals surface area contributed by atoms with Gasteiger partial charge in [0.2, 0.25) is 0 Å². The topological polar surface area (TPSA) is 76.9 Å². The van der Waals surface area contributed by atoms with Gasteiger partial charge in [-0.3, -0.25) is 4.72 Å². The van der Waals surface area contributed by atoms with Crippen LogP contribution in [-0.4, -0.2) is 23.2 Å². The van der Waals surface area contributed by atoms with Crippen molar-refractivity contribution in [2.45, 2.75) is 51.0 Å². The van der Waals surface area contributed by atoms with Crippen molar-refractivity contribution in [2.75, 3.05) is 4.72 Å². The van der Waals surface area contributed by atoms with Gasteiger partial charge in [0.25, 0.3) is 10.0 Å². The predicted octanol–water partition coefficient (Wildman–Crippen LogP) is 4.09. The number of aryl methyl sites for hydroxylation is 3. The van der Waals surface area contributed by atoms with Crippen molar-refractivity contribution >= 4 is 15.7 Å². The number of rotatable bonds is 4. The fraction of sp³-hybridized carbons (Fsp3) is 0.333. The lowest BCUT2D eigenvalue weighted by Gasteiger charge is -2.12. The highest BCUT2D eigenvalue weighted by Crippen LogP contribution is 2.25. The quantitative estimate of drug-likeness (QED) is 0.721. The van der Waals surface area contributed by atoms with Crippen LogP contribution in [0.5, 0.6) is 0 Å². The zero-order valence-corrected chi connectivity index (χ0v) is 17.0. The summed E-state index contributed by atoms with van der Waals surface area (Å²) in [6.07, 6.45) is 4.45. The highest BCUT2D eigenvalue weighted by atomic mass is 32.2. The summed E-state index contributed by atoms with van der Waals surface area (Å²) in [5, 5.41) is 8.69. The molecule has 0 fully saturated rings. The molecule has 1 aliphatic rings. The minimum Gasteiger partial charge on any atom is -0.311 e. The molecule has 6 nitrogen and oxygen atoms in total. The van der Waals surface area contributed by atoms with Crippen molar-refractivity contribution in [3.8, 4) is 11.4 Å². The number of hydrogen-bond donors (Lipinski definition) is 1. The molecule has 4 rings (SSSR count). The van der Waals surface area contributed by atoms with Gasteiger partial charge in [-0.1, -0.05) is 18.6 Å². The molecule has 0 amide bonds. The van der Waals surface area contributed by atoms with Gasteiger partial charge in [-0.2, -0.15) is 0 Å². The van der Waals surface area contributed by atoms with Crippen LogP contribution >= 0.6 is 0 Å². The zero-order chi connectivity index (χ0) is 19.7. The summed E-state index contributed by atoms with van der Waals surface area (Å²) < 4.78 is 30.4. The second kappa shape index (κ2) is 7.39. The molecule has 2 aromatic carbocycles. The smallest absolute Gasteiger partial charge is 0.262 e. The first-order valence-corrected chi connectivity index (χ1v) is 11.0. The van der Waals surface area contributed by atoms with Crippen molar-refractivity contribution in [3.63, 3.8) is 0 Å². The summed E-state index contributed by atoms with van der Waals surface area (Å²) in [6.45, 7) is 4.61. The van der Waals surface area contributed by atoms with Gasteiger partial charge in [0.1, 0.15) is 5.82 Å². The number of nitrogens with one attached hydrogen (secondary N) is 1. The monoisotopic (exact) mass is 396 g/mol. The summed E-state index contributed by atoms with van der Waals surface area (Å²) in [4.78, 5) is 0.305. The Morgan fingerprint density at radius 2 is 1.75 bits per heavy atom. The van der Waals surface area contributed by atoms with E-state index in [-0.39, 0.29) is 0 Å². The van der Waals surface area contributed by atoms with E-state index in [1.807, 2.05) is 31.2 Å². The second-order valence-electron chi connectivity index (χ2n) is 7.35. The van der Waals surface area contributed by atoms with Gasteiger partial charge in [-0.25, -0.2) is 8.42 Å². The van der Waals surface area contributed by atoms with Crippen LogP contribution in [0.3, 0.4) is 0 Å². The lowest BCUT2D eigenvalue weighted by Crippen LogP contribution is -2.14. The second-order valence-corrected chi connectivity index (χ2v) is 9.00. The van der Waals surface area contributed by atoms with Crippen LogP contribution in [0.25, 0.3) is 11.4 Å². The Kier molecular flexibility index (Phi) is 4.93. The molecule has 1 aliphatic heterocycles. The number of aromatic nitrogens is 3. The van der Waals surface area contributed by atoms with E-state index in [2.05, 4.69) is 19.5 Å². The molecular weight excluding hydrogens is 372 g/mol. The molecule has 7 heteroatoms. The summed E-state index contributed by atoms with van der Waals surface area (Å²) >= 11 is 0. The number of hydrogen-bond acceptors (Lipinski definition) is 4. The van der Waals surface area contributed by atoms with Crippen molar-refractivity contribution in [1.29, 1.82) is 0 Å². The summed E-state index contributed by atoms with van der Waals surface area (Å²) in [6, 6.07) is 12.8.